The molecule has 3 heterocycles. The minimum atomic E-state index is -0.237. The number of pyridine rings is 1. The summed E-state index contributed by atoms with van der Waals surface area (Å²) >= 11 is 1.47. The average Bonchev–Trinajstić information content (AvgIpc) is 2.91. The topological polar surface area (TPSA) is 76.9 Å². The van der Waals surface area contributed by atoms with Gasteiger partial charge in [0.1, 0.15) is 11.4 Å². The van der Waals surface area contributed by atoms with Crippen molar-refractivity contribution in [3.63, 3.8) is 0 Å². The lowest BCUT2D eigenvalue weighted by Crippen LogP contribution is -2.32. The van der Waals surface area contributed by atoms with Gasteiger partial charge in [0.25, 0.3) is 5.56 Å². The van der Waals surface area contributed by atoms with Crippen LogP contribution in [-0.4, -0.2) is 20.4 Å². The maximum absolute atomic E-state index is 12.3. The number of amides is 1. The molecule has 1 amide bonds. The van der Waals surface area contributed by atoms with Crippen molar-refractivity contribution in [2.75, 3.05) is 0 Å². The first-order valence-corrected chi connectivity index (χ1v) is 7.56. The van der Waals surface area contributed by atoms with Crippen molar-refractivity contribution in [2.24, 2.45) is 0 Å². The lowest BCUT2D eigenvalue weighted by molar-refractivity contribution is -0.121. The van der Waals surface area contributed by atoms with Crippen LogP contribution in [0.2, 0.25) is 0 Å². The van der Waals surface area contributed by atoms with E-state index < -0.39 is 0 Å². The second kappa shape index (κ2) is 6.07. The molecule has 0 aromatic carbocycles. The normalized spacial score (nSPS) is 10.8. The first-order valence-electron chi connectivity index (χ1n) is 6.74. The van der Waals surface area contributed by atoms with Gasteiger partial charge in [-0.2, -0.15) is 0 Å². The van der Waals surface area contributed by atoms with Crippen LogP contribution in [0.3, 0.4) is 0 Å². The Kier molecular flexibility index (Phi) is 3.97. The molecule has 6 nitrogen and oxygen atoms in total. The molecule has 0 aliphatic rings. The van der Waals surface area contributed by atoms with E-state index in [1.807, 2.05) is 19.1 Å². The van der Waals surface area contributed by atoms with E-state index in [0.717, 1.165) is 10.4 Å². The number of fused-ring (bicyclic) bond motifs is 1. The number of carbonyl (C=O) groups is 1. The number of carbonyl (C=O) groups excluding carboxylic acids is 1. The Morgan fingerprint density at radius 3 is 3.09 bits per heavy atom. The molecule has 0 saturated carbocycles. The van der Waals surface area contributed by atoms with E-state index in [2.05, 4.69) is 15.3 Å². The molecule has 3 aromatic heterocycles. The van der Waals surface area contributed by atoms with Gasteiger partial charge in [-0.3, -0.25) is 19.1 Å². The number of nitrogens with one attached hydrogen (secondary N) is 1. The zero-order valence-electron chi connectivity index (χ0n) is 11.9. The third-order valence-corrected chi connectivity index (χ3v) is 4.13. The maximum atomic E-state index is 12.3. The minimum absolute atomic E-state index is 0.0447. The van der Waals surface area contributed by atoms with Crippen molar-refractivity contribution in [1.82, 2.24) is 19.9 Å². The van der Waals surface area contributed by atoms with Gasteiger partial charge in [0, 0.05) is 23.8 Å². The Labute approximate surface area is 130 Å². The quantitative estimate of drug-likeness (QED) is 0.791. The fraction of sp³-hybridized carbons (Fsp3) is 0.200. The second-order valence-corrected chi connectivity index (χ2v) is 6.13. The molecule has 0 aliphatic heterocycles. The standard InChI is InChI=1S/C15H14N4O2S/c1-10-5-12-14(22-10)18-9-19(15(12)21)8-13(20)17-7-11-3-2-4-16-6-11/h2-6,9H,7-8H2,1H3,(H,17,20). The number of hydrogen-bond acceptors (Lipinski definition) is 5. The summed E-state index contributed by atoms with van der Waals surface area (Å²) in [4.78, 5) is 34.2. The fourth-order valence-electron chi connectivity index (χ4n) is 2.11. The fourth-order valence-corrected chi connectivity index (χ4v) is 2.94. The highest BCUT2D eigenvalue weighted by Gasteiger charge is 2.10. The predicted octanol–water partition coefficient (Wildman–Crippen LogP) is 1.48. The lowest BCUT2D eigenvalue weighted by atomic mass is 10.3. The molecule has 0 bridgehead atoms. The van der Waals surface area contributed by atoms with E-state index in [1.165, 1.54) is 22.2 Å². The van der Waals surface area contributed by atoms with E-state index in [9.17, 15) is 9.59 Å². The van der Waals surface area contributed by atoms with Crippen LogP contribution in [-0.2, 0) is 17.9 Å². The van der Waals surface area contributed by atoms with Crippen LogP contribution >= 0.6 is 11.3 Å². The molecule has 7 heteroatoms. The van der Waals surface area contributed by atoms with E-state index in [-0.39, 0.29) is 18.0 Å². The SMILES string of the molecule is Cc1cc2c(=O)n(CC(=O)NCc3cccnc3)cnc2s1. The summed E-state index contributed by atoms with van der Waals surface area (Å²) in [5, 5.41) is 3.32. The second-order valence-electron chi connectivity index (χ2n) is 4.89. The molecule has 22 heavy (non-hydrogen) atoms. The maximum Gasteiger partial charge on any atom is 0.262 e. The van der Waals surface area contributed by atoms with Gasteiger partial charge in [-0.15, -0.1) is 11.3 Å². The molecule has 0 atom stereocenters. The molecule has 0 aliphatic carbocycles. The number of thiophene rings is 1. The highest BCUT2D eigenvalue weighted by Crippen LogP contribution is 2.19. The summed E-state index contributed by atoms with van der Waals surface area (Å²) in [6, 6.07) is 5.49. The molecule has 112 valence electrons. The largest absolute Gasteiger partial charge is 0.350 e. The summed E-state index contributed by atoms with van der Waals surface area (Å²) in [5.41, 5.74) is 0.719. The summed E-state index contributed by atoms with van der Waals surface area (Å²) < 4.78 is 1.33. The van der Waals surface area contributed by atoms with Crippen LogP contribution < -0.4 is 10.9 Å². The van der Waals surface area contributed by atoms with Crippen molar-refractivity contribution < 1.29 is 4.79 Å². The molecule has 1 N–H and O–H groups in total. The summed E-state index contributed by atoms with van der Waals surface area (Å²) in [5.74, 6) is -0.237. The molecular formula is C15H14N4O2S. The van der Waals surface area contributed by atoms with Crippen LogP contribution in [0.1, 0.15) is 10.4 Å². The summed E-state index contributed by atoms with van der Waals surface area (Å²) in [6.07, 6.45) is 4.78. The van der Waals surface area contributed by atoms with Gasteiger partial charge in [0.05, 0.1) is 11.7 Å². The zero-order chi connectivity index (χ0) is 15.5. The molecule has 3 aromatic rings. The Morgan fingerprint density at radius 1 is 1.45 bits per heavy atom. The van der Waals surface area contributed by atoms with Crippen molar-refractivity contribution in [3.8, 4) is 0 Å². The molecular weight excluding hydrogens is 300 g/mol. The first kappa shape index (κ1) is 14.4. The first-order chi connectivity index (χ1) is 10.6. The van der Waals surface area contributed by atoms with Gasteiger partial charge in [-0.1, -0.05) is 6.07 Å². The number of nitrogens with zero attached hydrogens (tertiary/aromatic N) is 3. The van der Waals surface area contributed by atoms with E-state index >= 15 is 0 Å². The lowest BCUT2D eigenvalue weighted by Gasteiger charge is -2.07. The van der Waals surface area contributed by atoms with Crippen molar-refractivity contribution >= 4 is 27.5 Å². The smallest absolute Gasteiger partial charge is 0.262 e. The summed E-state index contributed by atoms with van der Waals surface area (Å²) in [7, 11) is 0. The highest BCUT2D eigenvalue weighted by molar-refractivity contribution is 7.18. The van der Waals surface area contributed by atoms with Gasteiger partial charge < -0.3 is 5.32 Å². The van der Waals surface area contributed by atoms with Crippen LogP contribution in [0.4, 0.5) is 0 Å². The third kappa shape index (κ3) is 3.04. The van der Waals surface area contributed by atoms with Crippen LogP contribution in [0, 0.1) is 6.92 Å². The number of rotatable bonds is 4. The molecule has 0 unspecified atom stereocenters. The monoisotopic (exact) mass is 314 g/mol. The summed E-state index contributed by atoms with van der Waals surface area (Å²) in [6.45, 7) is 2.27. The molecule has 0 spiro atoms. The van der Waals surface area contributed by atoms with Crippen molar-refractivity contribution in [1.29, 1.82) is 0 Å². The van der Waals surface area contributed by atoms with Crippen molar-refractivity contribution in [2.45, 2.75) is 20.0 Å². The Hall–Kier alpha value is -2.54. The van der Waals surface area contributed by atoms with Crippen LogP contribution in [0.5, 0.6) is 0 Å². The predicted molar refractivity (Wildman–Crippen MR) is 84.7 cm³/mol. The van der Waals surface area contributed by atoms with Gasteiger partial charge in [-0.05, 0) is 24.6 Å². The Bertz CT molecular complexity index is 870. The zero-order valence-corrected chi connectivity index (χ0v) is 12.8. The number of hydrogen-bond donors (Lipinski definition) is 1. The Balaban J connectivity index is 1.71. The van der Waals surface area contributed by atoms with Gasteiger partial charge in [0.15, 0.2) is 0 Å². The average molecular weight is 314 g/mol. The highest BCUT2D eigenvalue weighted by atomic mass is 32.1. The Morgan fingerprint density at radius 2 is 2.32 bits per heavy atom. The third-order valence-electron chi connectivity index (χ3n) is 3.17. The van der Waals surface area contributed by atoms with Crippen molar-refractivity contribution in [3.05, 3.63) is 57.7 Å². The molecule has 0 saturated heterocycles. The minimum Gasteiger partial charge on any atom is -0.350 e. The van der Waals surface area contributed by atoms with E-state index in [4.69, 9.17) is 0 Å². The molecule has 0 fully saturated rings. The van der Waals surface area contributed by atoms with Gasteiger partial charge in [0.2, 0.25) is 5.91 Å². The number of aromatic nitrogens is 3. The van der Waals surface area contributed by atoms with Crippen LogP contribution in [0.25, 0.3) is 10.2 Å². The molecule has 3 rings (SSSR count). The van der Waals surface area contributed by atoms with Gasteiger partial charge >= 0.3 is 0 Å². The van der Waals surface area contributed by atoms with E-state index in [1.54, 1.807) is 18.5 Å². The van der Waals surface area contributed by atoms with E-state index in [0.29, 0.717) is 16.8 Å². The molecule has 0 radical (unpaired) electrons. The van der Waals surface area contributed by atoms with Crippen LogP contribution in [0.15, 0.2) is 41.7 Å². The van der Waals surface area contributed by atoms with Gasteiger partial charge in [-0.25, -0.2) is 4.98 Å². The number of aryl methyl sites for hydroxylation is 1.